The monoisotopic (exact) mass is 372 g/mol. The van der Waals surface area contributed by atoms with Gasteiger partial charge in [-0.3, -0.25) is 20.2 Å². The third-order valence-electron chi connectivity index (χ3n) is 5.04. The van der Waals surface area contributed by atoms with Gasteiger partial charge in [0.2, 0.25) is 0 Å². The molecule has 0 heterocycles. The molecule has 7 heteroatoms. The molecular formula is C20H24N2O5. The Morgan fingerprint density at radius 2 is 1.04 bits per heavy atom. The summed E-state index contributed by atoms with van der Waals surface area (Å²) in [6.45, 7) is 11.1. The van der Waals surface area contributed by atoms with Crippen LogP contribution in [-0.2, 0) is 18.0 Å². The molecule has 144 valence electrons. The standard InChI is InChI=1S/C20H24N2O5/c1-11-7-13(3)19(21(23)24)15(5)17(11)9-27-10-18-12(2)8-14(4)20(16(18)6)22(25)26/h7-8H,9-10H2,1-6H3. The smallest absolute Gasteiger partial charge is 0.275 e. The van der Waals surface area contributed by atoms with Crippen molar-refractivity contribution in [1.82, 2.24) is 0 Å². The summed E-state index contributed by atoms with van der Waals surface area (Å²) in [5.74, 6) is 0. The summed E-state index contributed by atoms with van der Waals surface area (Å²) >= 11 is 0. The second kappa shape index (κ2) is 7.84. The van der Waals surface area contributed by atoms with Crippen LogP contribution in [0, 0.1) is 61.8 Å². The molecule has 27 heavy (non-hydrogen) atoms. The summed E-state index contributed by atoms with van der Waals surface area (Å²) in [5, 5.41) is 22.6. The van der Waals surface area contributed by atoms with Crippen LogP contribution < -0.4 is 0 Å². The highest BCUT2D eigenvalue weighted by Gasteiger charge is 2.22. The van der Waals surface area contributed by atoms with Crippen molar-refractivity contribution in [1.29, 1.82) is 0 Å². The lowest BCUT2D eigenvalue weighted by Gasteiger charge is -2.15. The van der Waals surface area contributed by atoms with Crippen LogP contribution in [0.3, 0.4) is 0 Å². The Balaban J connectivity index is 2.31. The van der Waals surface area contributed by atoms with E-state index in [2.05, 4.69) is 0 Å². The maximum absolute atomic E-state index is 11.3. The third-order valence-corrected chi connectivity index (χ3v) is 5.04. The SMILES string of the molecule is Cc1cc(C)c([N+](=O)[O-])c(C)c1COCc1c(C)cc(C)c([N+](=O)[O-])c1C. The number of ether oxygens (including phenoxy) is 1. The molecule has 2 rings (SSSR count). The Morgan fingerprint density at radius 1 is 0.704 bits per heavy atom. The molecule has 0 saturated heterocycles. The minimum absolute atomic E-state index is 0.109. The molecule has 0 amide bonds. The number of nitrogens with zero attached hydrogens (tertiary/aromatic N) is 2. The Morgan fingerprint density at radius 3 is 1.33 bits per heavy atom. The highest BCUT2D eigenvalue weighted by molar-refractivity contribution is 5.54. The Kier molecular flexibility index (Phi) is 5.95. The first-order chi connectivity index (χ1) is 12.6. The van der Waals surface area contributed by atoms with Crippen LogP contribution in [0.25, 0.3) is 0 Å². The molecule has 0 aliphatic heterocycles. The van der Waals surface area contributed by atoms with Gasteiger partial charge < -0.3 is 4.74 Å². The van der Waals surface area contributed by atoms with Crippen LogP contribution >= 0.6 is 0 Å². The van der Waals surface area contributed by atoms with Gasteiger partial charge in [0.05, 0.1) is 23.1 Å². The zero-order chi connectivity index (χ0) is 20.5. The van der Waals surface area contributed by atoms with Gasteiger partial charge in [-0.2, -0.15) is 0 Å². The number of benzene rings is 2. The van der Waals surface area contributed by atoms with Crippen molar-refractivity contribution in [2.24, 2.45) is 0 Å². The first-order valence-corrected chi connectivity index (χ1v) is 8.62. The Labute approximate surface area is 158 Å². The molecule has 2 aromatic carbocycles. The van der Waals surface area contributed by atoms with Crippen LogP contribution in [0.15, 0.2) is 12.1 Å². The number of hydrogen-bond donors (Lipinski definition) is 0. The van der Waals surface area contributed by atoms with Gasteiger partial charge in [0, 0.05) is 22.3 Å². The molecule has 0 bridgehead atoms. The zero-order valence-corrected chi connectivity index (χ0v) is 16.5. The van der Waals surface area contributed by atoms with Crippen molar-refractivity contribution in [3.05, 3.63) is 76.9 Å². The summed E-state index contributed by atoms with van der Waals surface area (Å²) < 4.78 is 5.83. The van der Waals surface area contributed by atoms with Crippen molar-refractivity contribution in [2.45, 2.75) is 54.8 Å². The lowest BCUT2D eigenvalue weighted by molar-refractivity contribution is -0.386. The third kappa shape index (κ3) is 3.98. The van der Waals surface area contributed by atoms with Crippen molar-refractivity contribution < 1.29 is 14.6 Å². The quantitative estimate of drug-likeness (QED) is 0.521. The molecule has 0 atom stereocenters. The van der Waals surface area contributed by atoms with Gasteiger partial charge in [-0.05, 0) is 75.9 Å². The first kappa shape index (κ1) is 20.5. The summed E-state index contributed by atoms with van der Waals surface area (Å²) in [4.78, 5) is 21.9. The predicted octanol–water partition coefficient (Wildman–Crippen LogP) is 5.07. The van der Waals surface area contributed by atoms with Crippen molar-refractivity contribution in [3.8, 4) is 0 Å². The van der Waals surface area contributed by atoms with Crippen LogP contribution in [0.2, 0.25) is 0 Å². The van der Waals surface area contributed by atoms with Crippen LogP contribution in [0.4, 0.5) is 11.4 Å². The number of hydrogen-bond acceptors (Lipinski definition) is 5. The van der Waals surface area contributed by atoms with Gasteiger partial charge in [0.15, 0.2) is 0 Å². The van der Waals surface area contributed by atoms with E-state index in [1.807, 2.05) is 13.8 Å². The number of rotatable bonds is 6. The van der Waals surface area contributed by atoms with Crippen molar-refractivity contribution >= 4 is 11.4 Å². The second-order valence-electron chi connectivity index (χ2n) is 6.93. The molecule has 0 aliphatic rings. The molecule has 0 fully saturated rings. The lowest BCUT2D eigenvalue weighted by Crippen LogP contribution is -2.07. The largest absolute Gasteiger partial charge is 0.372 e. The van der Waals surface area contributed by atoms with E-state index in [1.165, 1.54) is 0 Å². The van der Waals surface area contributed by atoms with E-state index in [0.29, 0.717) is 22.3 Å². The highest BCUT2D eigenvalue weighted by atomic mass is 16.6. The summed E-state index contributed by atoms with van der Waals surface area (Å²) in [5.41, 5.74) is 6.09. The van der Waals surface area contributed by atoms with E-state index in [4.69, 9.17) is 4.74 Å². The number of aryl methyl sites for hydroxylation is 4. The number of nitro benzene ring substituents is 2. The fourth-order valence-corrected chi connectivity index (χ4v) is 3.69. The topological polar surface area (TPSA) is 95.5 Å². The maximum Gasteiger partial charge on any atom is 0.275 e. The summed E-state index contributed by atoms with van der Waals surface area (Å²) in [7, 11) is 0. The van der Waals surface area contributed by atoms with Crippen LogP contribution in [0.5, 0.6) is 0 Å². The molecule has 0 aliphatic carbocycles. The molecule has 0 aromatic heterocycles. The van der Waals surface area contributed by atoms with E-state index in [0.717, 1.165) is 22.3 Å². The van der Waals surface area contributed by atoms with Crippen LogP contribution in [0.1, 0.15) is 44.5 Å². The van der Waals surface area contributed by atoms with Gasteiger partial charge in [-0.15, -0.1) is 0 Å². The predicted molar refractivity (Wildman–Crippen MR) is 103 cm³/mol. The number of nitro groups is 2. The Hall–Kier alpha value is -2.80. The average molecular weight is 372 g/mol. The van der Waals surface area contributed by atoms with E-state index < -0.39 is 0 Å². The van der Waals surface area contributed by atoms with E-state index in [9.17, 15) is 20.2 Å². The summed E-state index contributed by atoms with van der Waals surface area (Å²) in [6, 6.07) is 3.58. The molecule has 0 N–H and O–H groups in total. The van der Waals surface area contributed by atoms with E-state index in [-0.39, 0.29) is 34.4 Å². The Bertz CT molecular complexity index is 859. The lowest BCUT2D eigenvalue weighted by atomic mass is 9.97. The minimum Gasteiger partial charge on any atom is -0.372 e. The normalized spacial score (nSPS) is 10.9. The molecule has 0 spiro atoms. The highest BCUT2D eigenvalue weighted by Crippen LogP contribution is 2.31. The first-order valence-electron chi connectivity index (χ1n) is 8.62. The second-order valence-corrected chi connectivity index (χ2v) is 6.93. The molecular weight excluding hydrogens is 348 g/mol. The zero-order valence-electron chi connectivity index (χ0n) is 16.5. The van der Waals surface area contributed by atoms with Crippen molar-refractivity contribution in [3.63, 3.8) is 0 Å². The molecule has 0 unspecified atom stereocenters. The van der Waals surface area contributed by atoms with Gasteiger partial charge >= 0.3 is 0 Å². The molecule has 2 aromatic rings. The average Bonchev–Trinajstić information content (AvgIpc) is 2.51. The molecule has 0 radical (unpaired) electrons. The maximum atomic E-state index is 11.3. The summed E-state index contributed by atoms with van der Waals surface area (Å²) in [6.07, 6.45) is 0. The van der Waals surface area contributed by atoms with Gasteiger partial charge in [-0.1, -0.05) is 0 Å². The fraction of sp³-hybridized carbons (Fsp3) is 0.400. The van der Waals surface area contributed by atoms with E-state index in [1.54, 1.807) is 39.8 Å². The van der Waals surface area contributed by atoms with Gasteiger partial charge in [0.25, 0.3) is 11.4 Å². The fourth-order valence-electron chi connectivity index (χ4n) is 3.69. The van der Waals surface area contributed by atoms with Crippen molar-refractivity contribution in [2.75, 3.05) is 0 Å². The van der Waals surface area contributed by atoms with Gasteiger partial charge in [-0.25, -0.2) is 0 Å². The molecule has 7 nitrogen and oxygen atoms in total. The van der Waals surface area contributed by atoms with Gasteiger partial charge in [0.1, 0.15) is 0 Å². The van der Waals surface area contributed by atoms with E-state index >= 15 is 0 Å². The minimum atomic E-state index is -0.370. The van der Waals surface area contributed by atoms with Crippen LogP contribution in [-0.4, -0.2) is 9.85 Å². The molecule has 0 saturated carbocycles.